The monoisotopic (exact) mass is 289 g/mol. The third kappa shape index (κ3) is 2.30. The van der Waals surface area contributed by atoms with E-state index < -0.39 is 0 Å². The van der Waals surface area contributed by atoms with Crippen LogP contribution in [0.4, 0.5) is 4.39 Å². The molecule has 1 aliphatic heterocycles. The normalized spacial score (nSPS) is 22.8. The van der Waals surface area contributed by atoms with E-state index in [9.17, 15) is 9.18 Å². The van der Waals surface area contributed by atoms with Crippen molar-refractivity contribution in [1.82, 2.24) is 14.3 Å². The number of nitrogens with zero attached hydrogens (tertiary/aromatic N) is 3. The van der Waals surface area contributed by atoms with Gasteiger partial charge in [0.2, 0.25) is 0 Å². The van der Waals surface area contributed by atoms with Gasteiger partial charge in [-0.1, -0.05) is 0 Å². The molecular formula is C16H20FN3O. The number of pyridine rings is 1. The van der Waals surface area contributed by atoms with Gasteiger partial charge < -0.3 is 4.90 Å². The summed E-state index contributed by atoms with van der Waals surface area (Å²) in [5.74, 6) is -0.418. The number of imidazole rings is 1. The Kier molecular flexibility index (Phi) is 3.43. The van der Waals surface area contributed by atoms with Crippen LogP contribution in [0.3, 0.4) is 0 Å². The van der Waals surface area contributed by atoms with E-state index in [1.807, 2.05) is 4.90 Å². The highest BCUT2D eigenvalue weighted by Gasteiger charge is 2.32. The van der Waals surface area contributed by atoms with Gasteiger partial charge in [-0.3, -0.25) is 9.20 Å². The maximum atomic E-state index is 13.5. The summed E-state index contributed by atoms with van der Waals surface area (Å²) in [7, 11) is 0. The molecule has 2 unspecified atom stereocenters. The molecule has 1 amide bonds. The topological polar surface area (TPSA) is 37.6 Å². The predicted molar refractivity (Wildman–Crippen MR) is 78.8 cm³/mol. The summed E-state index contributed by atoms with van der Waals surface area (Å²) in [6.07, 6.45) is 4.51. The Bertz CT molecular complexity index is 684. The van der Waals surface area contributed by atoms with Crippen molar-refractivity contribution >= 4 is 11.6 Å². The molecule has 21 heavy (non-hydrogen) atoms. The summed E-state index contributed by atoms with van der Waals surface area (Å²) < 4.78 is 15.1. The zero-order valence-electron chi connectivity index (χ0n) is 12.6. The summed E-state index contributed by atoms with van der Waals surface area (Å²) in [6.45, 7) is 5.96. The van der Waals surface area contributed by atoms with Crippen LogP contribution in [0.2, 0.25) is 0 Å². The zero-order chi connectivity index (χ0) is 15.1. The molecule has 0 saturated carbocycles. The summed E-state index contributed by atoms with van der Waals surface area (Å²) in [5, 5.41) is 0. The van der Waals surface area contributed by atoms with Crippen molar-refractivity contribution in [2.24, 2.45) is 0 Å². The highest BCUT2D eigenvalue weighted by Crippen LogP contribution is 2.26. The van der Waals surface area contributed by atoms with Crippen LogP contribution in [-0.2, 0) is 0 Å². The minimum Gasteiger partial charge on any atom is -0.332 e. The lowest BCUT2D eigenvalue weighted by Crippen LogP contribution is -2.48. The lowest BCUT2D eigenvalue weighted by atomic mass is 9.97. The summed E-state index contributed by atoms with van der Waals surface area (Å²) in [6, 6.07) is 3.38. The quantitative estimate of drug-likeness (QED) is 0.808. The molecule has 0 aliphatic carbocycles. The molecule has 1 fully saturated rings. The van der Waals surface area contributed by atoms with Gasteiger partial charge in [-0.25, -0.2) is 9.37 Å². The molecule has 0 radical (unpaired) electrons. The molecule has 112 valence electrons. The number of carbonyl (C=O) groups is 1. The Morgan fingerprint density at radius 1 is 1.29 bits per heavy atom. The molecular weight excluding hydrogens is 269 g/mol. The molecule has 0 N–H and O–H groups in total. The fraction of sp³-hybridized carbons (Fsp3) is 0.500. The average molecular weight is 289 g/mol. The molecule has 0 bridgehead atoms. The van der Waals surface area contributed by atoms with Gasteiger partial charge >= 0.3 is 0 Å². The van der Waals surface area contributed by atoms with Gasteiger partial charge in [-0.15, -0.1) is 0 Å². The molecule has 2 aromatic heterocycles. The van der Waals surface area contributed by atoms with Crippen molar-refractivity contribution in [3.63, 3.8) is 0 Å². The Morgan fingerprint density at radius 3 is 2.62 bits per heavy atom. The van der Waals surface area contributed by atoms with E-state index in [4.69, 9.17) is 0 Å². The maximum absolute atomic E-state index is 13.5. The van der Waals surface area contributed by atoms with Crippen molar-refractivity contribution in [3.8, 4) is 0 Å². The molecule has 4 nitrogen and oxygen atoms in total. The van der Waals surface area contributed by atoms with E-state index in [0.29, 0.717) is 17.0 Å². The molecule has 3 rings (SSSR count). The number of fused-ring (bicyclic) bond motifs is 1. The van der Waals surface area contributed by atoms with Gasteiger partial charge in [0.1, 0.15) is 17.2 Å². The minimum atomic E-state index is -0.367. The number of rotatable bonds is 1. The first-order chi connectivity index (χ1) is 9.99. The summed E-state index contributed by atoms with van der Waals surface area (Å²) in [5.41, 5.74) is 1.73. The van der Waals surface area contributed by atoms with Gasteiger partial charge in [-0.05, 0) is 52.2 Å². The van der Waals surface area contributed by atoms with Crippen LogP contribution in [-0.4, -0.2) is 32.3 Å². The van der Waals surface area contributed by atoms with Crippen molar-refractivity contribution in [3.05, 3.63) is 35.5 Å². The average Bonchev–Trinajstić information content (AvgIpc) is 2.73. The van der Waals surface area contributed by atoms with Crippen LogP contribution in [0.25, 0.3) is 5.65 Å². The van der Waals surface area contributed by atoms with Gasteiger partial charge in [0.25, 0.3) is 5.91 Å². The highest BCUT2D eigenvalue weighted by atomic mass is 19.1. The number of carbonyl (C=O) groups excluding carboxylic acids is 1. The van der Waals surface area contributed by atoms with Crippen LogP contribution in [0, 0.1) is 12.7 Å². The molecule has 0 spiro atoms. The second-order valence-corrected chi connectivity index (χ2v) is 5.96. The van der Waals surface area contributed by atoms with Crippen LogP contribution in [0.15, 0.2) is 18.3 Å². The molecule has 5 heteroatoms. The van der Waals surface area contributed by atoms with E-state index >= 15 is 0 Å². The number of aromatic nitrogens is 2. The van der Waals surface area contributed by atoms with Crippen molar-refractivity contribution in [1.29, 1.82) is 0 Å². The number of hydrogen-bond donors (Lipinski definition) is 0. The number of likely N-dealkylation sites (tertiary alicyclic amines) is 1. The Morgan fingerprint density at radius 2 is 1.95 bits per heavy atom. The maximum Gasteiger partial charge on any atom is 0.273 e. The number of hydrogen-bond acceptors (Lipinski definition) is 2. The van der Waals surface area contributed by atoms with E-state index in [0.717, 1.165) is 19.3 Å². The van der Waals surface area contributed by atoms with E-state index in [1.54, 1.807) is 17.4 Å². The van der Waals surface area contributed by atoms with Gasteiger partial charge in [-0.2, -0.15) is 0 Å². The second kappa shape index (κ2) is 5.13. The molecule has 2 aromatic rings. The third-order valence-electron chi connectivity index (χ3n) is 4.39. The first-order valence-corrected chi connectivity index (χ1v) is 7.46. The van der Waals surface area contributed by atoms with Gasteiger partial charge in [0.15, 0.2) is 0 Å². The summed E-state index contributed by atoms with van der Waals surface area (Å²) >= 11 is 0. The summed E-state index contributed by atoms with van der Waals surface area (Å²) in [4.78, 5) is 19.3. The minimum absolute atomic E-state index is 0.0506. The Balaban J connectivity index is 2.08. The van der Waals surface area contributed by atoms with Crippen LogP contribution < -0.4 is 0 Å². The Hall–Kier alpha value is -1.91. The fourth-order valence-corrected chi connectivity index (χ4v) is 3.34. The lowest BCUT2D eigenvalue weighted by molar-refractivity contribution is 0.0502. The van der Waals surface area contributed by atoms with Crippen molar-refractivity contribution in [2.45, 2.75) is 52.1 Å². The zero-order valence-corrected chi connectivity index (χ0v) is 12.6. The smallest absolute Gasteiger partial charge is 0.273 e. The third-order valence-corrected chi connectivity index (χ3v) is 4.39. The first kappa shape index (κ1) is 14.0. The molecule has 1 aliphatic rings. The van der Waals surface area contributed by atoms with Gasteiger partial charge in [0.05, 0.1) is 5.69 Å². The highest BCUT2D eigenvalue weighted by molar-refractivity contribution is 5.95. The van der Waals surface area contributed by atoms with Gasteiger partial charge in [0, 0.05) is 18.3 Å². The lowest BCUT2D eigenvalue weighted by Gasteiger charge is -2.39. The van der Waals surface area contributed by atoms with Crippen molar-refractivity contribution in [2.75, 3.05) is 0 Å². The van der Waals surface area contributed by atoms with E-state index in [1.165, 1.54) is 12.3 Å². The van der Waals surface area contributed by atoms with Crippen LogP contribution >= 0.6 is 0 Å². The number of piperidine rings is 1. The van der Waals surface area contributed by atoms with Crippen LogP contribution in [0.5, 0.6) is 0 Å². The number of amides is 1. The first-order valence-electron chi connectivity index (χ1n) is 7.46. The predicted octanol–water partition coefficient (Wildman–Crippen LogP) is 3.18. The fourth-order valence-electron chi connectivity index (χ4n) is 3.34. The van der Waals surface area contributed by atoms with E-state index in [-0.39, 0.29) is 23.8 Å². The largest absolute Gasteiger partial charge is 0.332 e. The molecule has 3 heterocycles. The van der Waals surface area contributed by atoms with Crippen LogP contribution in [0.1, 0.15) is 49.3 Å². The molecule has 1 saturated heterocycles. The Labute approximate surface area is 123 Å². The number of aryl methyl sites for hydroxylation is 1. The second-order valence-electron chi connectivity index (χ2n) is 5.96. The van der Waals surface area contributed by atoms with E-state index in [2.05, 4.69) is 18.8 Å². The standard InChI is InChI=1S/C16H20FN3O/c1-10-5-4-6-11(2)20(10)16(21)15-12(3)18-14-8-7-13(17)9-19(14)15/h7-11H,4-6H2,1-3H3. The SMILES string of the molecule is Cc1nc2ccc(F)cn2c1C(=O)N1C(C)CCCC1C. The van der Waals surface area contributed by atoms with Crippen molar-refractivity contribution < 1.29 is 9.18 Å². The molecule has 0 aromatic carbocycles. The molecule has 2 atom stereocenters. The number of halogens is 1.